The van der Waals surface area contributed by atoms with Crippen molar-refractivity contribution >= 4 is 23.0 Å². The van der Waals surface area contributed by atoms with E-state index in [1.54, 1.807) is 36.4 Å². The van der Waals surface area contributed by atoms with Crippen LogP contribution < -0.4 is 21.9 Å². The fourth-order valence-corrected chi connectivity index (χ4v) is 4.75. The van der Waals surface area contributed by atoms with Crippen molar-refractivity contribution in [2.45, 2.75) is 31.8 Å². The Bertz CT molecular complexity index is 1290. The van der Waals surface area contributed by atoms with E-state index in [0.29, 0.717) is 23.6 Å². The zero-order chi connectivity index (χ0) is 23.5. The van der Waals surface area contributed by atoms with Crippen molar-refractivity contribution in [3.05, 3.63) is 69.1 Å². The minimum absolute atomic E-state index is 0.0320. The highest BCUT2D eigenvalue weighted by Crippen LogP contribution is 2.38. The Morgan fingerprint density at radius 2 is 1.91 bits per heavy atom. The molecule has 3 N–H and O–H groups in total. The molecule has 3 aromatic rings. The molecule has 2 bridgehead atoms. The molecule has 0 radical (unpaired) electrons. The second kappa shape index (κ2) is 9.45. The van der Waals surface area contributed by atoms with Crippen LogP contribution in [0.3, 0.4) is 0 Å². The van der Waals surface area contributed by atoms with E-state index in [0.717, 1.165) is 32.1 Å². The summed E-state index contributed by atoms with van der Waals surface area (Å²) < 4.78 is 8.35. The van der Waals surface area contributed by atoms with Crippen LogP contribution in [0.5, 0.6) is 0 Å². The molecule has 2 aliphatic rings. The highest BCUT2D eigenvalue weighted by molar-refractivity contribution is 5.79. The molecule has 174 valence electrons. The first kappa shape index (κ1) is 22.5. The Kier molecular flexibility index (Phi) is 6.45. The highest BCUT2D eigenvalue weighted by atomic mass is 16.4. The van der Waals surface area contributed by atoms with Gasteiger partial charge in [-0.1, -0.05) is 18.2 Å². The van der Waals surface area contributed by atoms with Crippen molar-refractivity contribution in [1.29, 1.82) is 0 Å². The second-order valence-electron chi connectivity index (χ2n) is 8.32. The first-order valence-electron chi connectivity index (χ1n) is 10.8. The molecule has 3 atom stereocenters. The summed E-state index contributed by atoms with van der Waals surface area (Å²) in [6.07, 6.45) is 1.00. The number of carbonyl (C=O) groups is 2. The molecule has 5 rings (SSSR count). The van der Waals surface area contributed by atoms with Crippen molar-refractivity contribution in [2.24, 2.45) is 5.92 Å². The Balaban J connectivity index is 0.000000601. The van der Waals surface area contributed by atoms with Crippen LogP contribution in [0, 0.1) is 5.92 Å². The fourth-order valence-electron chi connectivity index (χ4n) is 4.75. The van der Waals surface area contributed by atoms with Gasteiger partial charge in [-0.15, -0.1) is 0 Å². The van der Waals surface area contributed by atoms with Crippen LogP contribution in [0.2, 0.25) is 0 Å². The Labute approximate surface area is 188 Å². The van der Waals surface area contributed by atoms with Gasteiger partial charge in [0.1, 0.15) is 6.54 Å². The number of nitrogens with zero attached hydrogens (tertiary/aromatic N) is 2. The van der Waals surface area contributed by atoms with Crippen molar-refractivity contribution < 1.29 is 19.1 Å². The average Bonchev–Trinajstić information content (AvgIpc) is 3.09. The monoisotopic (exact) mass is 454 g/mol. The zero-order valence-electron chi connectivity index (χ0n) is 18.2. The van der Waals surface area contributed by atoms with E-state index in [4.69, 9.17) is 14.3 Å². The molecule has 10 heteroatoms. The van der Waals surface area contributed by atoms with E-state index in [9.17, 15) is 14.4 Å². The number of piperidine rings is 1. The minimum Gasteiger partial charge on any atom is -0.481 e. The van der Waals surface area contributed by atoms with E-state index >= 15 is 0 Å². The molecule has 1 amide bonds. The lowest BCUT2D eigenvalue weighted by atomic mass is 9.79. The van der Waals surface area contributed by atoms with Crippen LogP contribution in [0.15, 0.2) is 56.5 Å². The molecule has 33 heavy (non-hydrogen) atoms. The summed E-state index contributed by atoms with van der Waals surface area (Å²) >= 11 is 0. The number of hydrogen-bond donors (Lipinski definition) is 3. The summed E-state index contributed by atoms with van der Waals surface area (Å²) in [6.45, 7) is 3.00. The second-order valence-corrected chi connectivity index (χ2v) is 8.32. The van der Waals surface area contributed by atoms with Gasteiger partial charge < -0.3 is 24.7 Å². The van der Waals surface area contributed by atoms with Crippen molar-refractivity contribution in [2.75, 3.05) is 19.6 Å². The van der Waals surface area contributed by atoms with Gasteiger partial charge in [-0.05, 0) is 30.5 Å². The number of fused-ring (bicyclic) bond motifs is 5. The van der Waals surface area contributed by atoms with Gasteiger partial charge in [-0.3, -0.25) is 19.0 Å². The lowest BCUT2D eigenvalue weighted by Crippen LogP contribution is -2.50. The summed E-state index contributed by atoms with van der Waals surface area (Å²) in [5.41, 5.74) is 2.04. The molecule has 0 aliphatic carbocycles. The predicted molar refractivity (Wildman–Crippen MR) is 120 cm³/mol. The lowest BCUT2D eigenvalue weighted by Gasteiger charge is -2.43. The molecule has 0 unspecified atom stereocenters. The Hall–Kier alpha value is -3.66. The third kappa shape index (κ3) is 4.75. The normalized spacial score (nSPS) is 20.9. The third-order valence-corrected chi connectivity index (χ3v) is 6.08. The number of carboxylic acid groups (broad SMARTS) is 1. The number of carbonyl (C=O) groups excluding carboxylic acids is 1. The molecule has 1 saturated heterocycles. The van der Waals surface area contributed by atoms with Gasteiger partial charge in [-0.2, -0.15) is 0 Å². The summed E-state index contributed by atoms with van der Waals surface area (Å²) in [5.74, 6) is -1.07. The minimum atomic E-state index is -0.833. The van der Waals surface area contributed by atoms with Crippen LogP contribution in [-0.4, -0.2) is 45.8 Å². The molecular weight excluding hydrogens is 428 g/mol. The van der Waals surface area contributed by atoms with Crippen LogP contribution in [0.25, 0.3) is 11.1 Å². The third-order valence-electron chi connectivity index (χ3n) is 6.08. The zero-order valence-corrected chi connectivity index (χ0v) is 18.2. The summed E-state index contributed by atoms with van der Waals surface area (Å²) in [4.78, 5) is 46.3. The van der Waals surface area contributed by atoms with Gasteiger partial charge in [0.2, 0.25) is 5.91 Å². The molecule has 1 aromatic carbocycles. The SMILES string of the molecule is CC(=O)O.O=C(Cn1c(=O)oc2ccccc21)NC[C@H]1[C@@H]2CNC[C@@H](C2)c2cccc(=O)n21. The van der Waals surface area contributed by atoms with E-state index in [-0.39, 0.29) is 30.0 Å². The van der Waals surface area contributed by atoms with E-state index in [1.165, 1.54) is 4.57 Å². The number of nitrogens with one attached hydrogen (secondary N) is 2. The molecule has 4 heterocycles. The number of rotatable bonds is 4. The van der Waals surface area contributed by atoms with Gasteiger partial charge in [0.05, 0.1) is 11.6 Å². The fraction of sp³-hybridized carbons (Fsp3) is 0.391. The van der Waals surface area contributed by atoms with E-state index < -0.39 is 11.7 Å². The van der Waals surface area contributed by atoms with E-state index in [2.05, 4.69) is 10.6 Å². The van der Waals surface area contributed by atoms with Crippen molar-refractivity contribution in [3.8, 4) is 0 Å². The number of amides is 1. The summed E-state index contributed by atoms with van der Waals surface area (Å²) in [5, 5.41) is 13.8. The molecule has 1 fully saturated rings. The number of pyridine rings is 1. The van der Waals surface area contributed by atoms with E-state index in [1.807, 2.05) is 10.6 Å². The molecule has 0 saturated carbocycles. The number of aromatic nitrogens is 2. The van der Waals surface area contributed by atoms with Crippen molar-refractivity contribution in [1.82, 2.24) is 19.8 Å². The van der Waals surface area contributed by atoms with Crippen LogP contribution in [0.4, 0.5) is 0 Å². The predicted octanol–water partition coefficient (Wildman–Crippen LogP) is 0.911. The molecule has 2 aliphatic heterocycles. The molecule has 0 spiro atoms. The van der Waals surface area contributed by atoms with Crippen LogP contribution in [0.1, 0.15) is 31.0 Å². The standard InChI is InChI=1S/C21H22N4O4.C2H4O2/c26-19(12-24-16-4-1-2-6-18(16)29-21(24)28)23-11-17-14-8-13(9-22-10-14)15-5-3-7-20(27)25(15)17;1-2(3)4/h1-7,13-14,17,22H,8-12H2,(H,23,26);1H3,(H,3,4)/t13-,14+,17+;/m1./s1. The maximum absolute atomic E-state index is 12.6. The number of aliphatic carboxylic acids is 1. The topological polar surface area (TPSA) is 136 Å². The Morgan fingerprint density at radius 1 is 1.15 bits per heavy atom. The quantitative estimate of drug-likeness (QED) is 0.533. The van der Waals surface area contributed by atoms with Gasteiger partial charge in [0.25, 0.3) is 11.5 Å². The summed E-state index contributed by atoms with van der Waals surface area (Å²) in [7, 11) is 0. The number of carboxylic acids is 1. The van der Waals surface area contributed by atoms with Gasteiger partial charge in [0, 0.05) is 44.2 Å². The van der Waals surface area contributed by atoms with Crippen LogP contribution in [-0.2, 0) is 16.1 Å². The molecular formula is C23H26N4O6. The lowest BCUT2D eigenvalue weighted by molar-refractivity contribution is -0.134. The molecule has 2 aromatic heterocycles. The van der Waals surface area contributed by atoms with Gasteiger partial charge in [-0.25, -0.2) is 4.79 Å². The molecule has 10 nitrogen and oxygen atoms in total. The highest BCUT2D eigenvalue weighted by Gasteiger charge is 2.37. The van der Waals surface area contributed by atoms with Crippen LogP contribution >= 0.6 is 0 Å². The van der Waals surface area contributed by atoms with Gasteiger partial charge >= 0.3 is 5.76 Å². The first-order valence-corrected chi connectivity index (χ1v) is 10.8. The smallest absolute Gasteiger partial charge is 0.420 e. The number of hydrogen-bond acceptors (Lipinski definition) is 6. The largest absolute Gasteiger partial charge is 0.481 e. The van der Waals surface area contributed by atoms with Crippen molar-refractivity contribution in [3.63, 3.8) is 0 Å². The Morgan fingerprint density at radius 3 is 2.70 bits per heavy atom. The maximum Gasteiger partial charge on any atom is 0.420 e. The summed E-state index contributed by atoms with van der Waals surface area (Å²) in [6, 6.07) is 12.3. The number of benzene rings is 1. The average molecular weight is 454 g/mol. The number of para-hydroxylation sites is 2. The number of oxazole rings is 1. The first-order chi connectivity index (χ1) is 15.8. The maximum atomic E-state index is 12.6. The van der Waals surface area contributed by atoms with Gasteiger partial charge in [0.15, 0.2) is 5.58 Å².